The standard InChI is InChI=1S/C37H41ClN2O4/c1-5-39(6-2)35-27-17-15-24-33(35)32(30-20-11-9-12-21-30)25-19-29-37(44-38(41,42)43,31-22-13-10-14-23-31)34-26-16-18-28-36(34)40(7-3)8-4/h9-29H,5-8H2,1-4H3. The zero-order valence-corrected chi connectivity index (χ0v) is 26.6. The van der Waals surface area contributed by atoms with Crippen LogP contribution in [-0.2, 0) is 9.89 Å². The van der Waals surface area contributed by atoms with Gasteiger partial charge in [0.05, 0.1) is 14.5 Å². The van der Waals surface area contributed by atoms with Crippen LogP contribution in [0.3, 0.4) is 0 Å². The van der Waals surface area contributed by atoms with Gasteiger partial charge in [-0.15, -0.1) is 0 Å². The first-order chi connectivity index (χ1) is 21.3. The van der Waals surface area contributed by atoms with E-state index in [9.17, 15) is 14.0 Å². The molecule has 230 valence electrons. The molecule has 0 bridgehead atoms. The minimum absolute atomic E-state index is 0.515. The lowest BCUT2D eigenvalue weighted by Crippen LogP contribution is -2.64. The summed E-state index contributed by atoms with van der Waals surface area (Å²) in [6.45, 7) is 11.4. The molecule has 0 spiro atoms. The van der Waals surface area contributed by atoms with Crippen molar-refractivity contribution in [1.29, 1.82) is 0 Å². The summed E-state index contributed by atoms with van der Waals surface area (Å²) in [5.41, 5.74) is 4.20. The zero-order valence-electron chi connectivity index (χ0n) is 25.9. The molecule has 0 heterocycles. The molecular weight excluding hydrogens is 572 g/mol. The lowest BCUT2D eigenvalue weighted by molar-refractivity contribution is -1.92. The van der Waals surface area contributed by atoms with Gasteiger partial charge in [-0.2, -0.15) is 14.0 Å². The van der Waals surface area contributed by atoms with Crippen LogP contribution in [0, 0.1) is 10.2 Å². The Hall–Kier alpha value is -3.91. The summed E-state index contributed by atoms with van der Waals surface area (Å²) < 4.78 is 43.0. The first-order valence-electron chi connectivity index (χ1n) is 15.1. The molecule has 0 saturated carbocycles. The van der Waals surface area contributed by atoms with Gasteiger partial charge in [-0.1, -0.05) is 109 Å². The maximum absolute atomic E-state index is 12.5. The molecule has 0 radical (unpaired) electrons. The molecule has 0 aliphatic heterocycles. The largest absolute Gasteiger partial charge is 0.372 e. The maximum Gasteiger partial charge on any atom is 0.294 e. The highest BCUT2D eigenvalue weighted by Gasteiger charge is 2.49. The average molecular weight is 613 g/mol. The molecule has 0 aliphatic rings. The summed E-state index contributed by atoms with van der Waals surface area (Å²) in [6.07, 6.45) is 5.44. The molecule has 6 nitrogen and oxygen atoms in total. The number of benzene rings is 4. The van der Waals surface area contributed by atoms with Crippen molar-refractivity contribution in [3.8, 4) is 0 Å². The highest BCUT2D eigenvalue weighted by molar-refractivity contribution is 5.87. The van der Waals surface area contributed by atoms with Gasteiger partial charge in [-0.05, 0) is 57.0 Å². The molecule has 1 unspecified atom stereocenters. The van der Waals surface area contributed by atoms with Gasteiger partial charge >= 0.3 is 0 Å². The van der Waals surface area contributed by atoms with Crippen molar-refractivity contribution in [2.24, 2.45) is 0 Å². The lowest BCUT2D eigenvalue weighted by atomic mass is 9.84. The first-order valence-corrected chi connectivity index (χ1v) is 16.3. The number of halogens is 1. The van der Waals surface area contributed by atoms with Crippen LogP contribution in [0.5, 0.6) is 0 Å². The van der Waals surface area contributed by atoms with Gasteiger partial charge in [-0.3, -0.25) is 0 Å². The van der Waals surface area contributed by atoms with Crippen LogP contribution in [0.2, 0.25) is 0 Å². The normalized spacial score (nSPS) is 13.6. The quantitative estimate of drug-likeness (QED) is 0.182. The number of para-hydroxylation sites is 2. The molecule has 4 aromatic rings. The SMILES string of the molecule is CCN(CC)c1ccccc1C(=CC=CC(O[Cl+3]([O-])([O-])[O-])(c1ccccc1)c1ccccc1N(CC)CC)c1ccccc1. The Balaban J connectivity index is 2.01. The maximum atomic E-state index is 12.5. The highest BCUT2D eigenvalue weighted by Crippen LogP contribution is 2.42. The Kier molecular flexibility index (Phi) is 11.4. The Morgan fingerprint density at radius 1 is 0.659 bits per heavy atom. The predicted octanol–water partition coefficient (Wildman–Crippen LogP) is 5.22. The Labute approximate surface area is 263 Å². The second-order valence-corrected chi connectivity index (χ2v) is 11.2. The van der Waals surface area contributed by atoms with E-state index in [-0.39, 0.29) is 0 Å². The first kappa shape index (κ1) is 33.0. The van der Waals surface area contributed by atoms with E-state index in [1.165, 1.54) is 0 Å². The number of rotatable bonds is 14. The summed E-state index contributed by atoms with van der Waals surface area (Å²) in [6, 6.07) is 34.8. The van der Waals surface area contributed by atoms with E-state index in [4.69, 9.17) is 4.29 Å². The third kappa shape index (κ3) is 7.59. The molecule has 0 aliphatic carbocycles. The molecule has 0 amide bonds. The molecular formula is C37H41ClN2O4. The van der Waals surface area contributed by atoms with Crippen LogP contribution in [0.4, 0.5) is 11.4 Å². The Bertz CT molecular complexity index is 1530. The summed E-state index contributed by atoms with van der Waals surface area (Å²) in [5, 5.41) is 0. The molecule has 4 aromatic carbocycles. The third-order valence-corrected chi connectivity index (χ3v) is 8.24. The van der Waals surface area contributed by atoms with Crippen molar-refractivity contribution < 1.29 is 28.5 Å². The molecule has 0 saturated heterocycles. The Morgan fingerprint density at radius 3 is 1.75 bits per heavy atom. The number of hydrogen-bond donors (Lipinski definition) is 0. The molecule has 0 aromatic heterocycles. The van der Waals surface area contributed by atoms with Gasteiger partial charge in [-0.25, -0.2) is 0 Å². The van der Waals surface area contributed by atoms with Crippen molar-refractivity contribution in [3.05, 3.63) is 150 Å². The Morgan fingerprint density at radius 2 is 1.16 bits per heavy atom. The molecule has 4 rings (SSSR count). The van der Waals surface area contributed by atoms with E-state index < -0.39 is 15.8 Å². The van der Waals surface area contributed by atoms with Crippen LogP contribution in [0.1, 0.15) is 49.9 Å². The monoisotopic (exact) mass is 612 g/mol. The summed E-state index contributed by atoms with van der Waals surface area (Å²) in [5.74, 6) is 0. The summed E-state index contributed by atoms with van der Waals surface area (Å²) >= 11 is 0. The van der Waals surface area contributed by atoms with Crippen molar-refractivity contribution in [3.63, 3.8) is 0 Å². The minimum atomic E-state index is -4.83. The molecule has 0 fully saturated rings. The average Bonchev–Trinajstić information content (AvgIpc) is 3.05. The van der Waals surface area contributed by atoms with E-state index >= 15 is 0 Å². The topological polar surface area (TPSA) is 84.9 Å². The van der Waals surface area contributed by atoms with Crippen molar-refractivity contribution in [2.75, 3.05) is 36.0 Å². The zero-order chi connectivity index (χ0) is 31.6. The molecule has 1 atom stereocenters. The van der Waals surface area contributed by atoms with Gasteiger partial charge < -0.3 is 9.80 Å². The summed E-state index contributed by atoms with van der Waals surface area (Å²) in [4.78, 5) is 4.42. The fourth-order valence-electron chi connectivity index (χ4n) is 5.70. The number of anilines is 2. The van der Waals surface area contributed by atoms with Gasteiger partial charge in [0.15, 0.2) is 0 Å². The smallest absolute Gasteiger partial charge is 0.294 e. The van der Waals surface area contributed by atoms with Crippen LogP contribution in [0.25, 0.3) is 5.57 Å². The molecule has 0 N–H and O–H groups in total. The lowest BCUT2D eigenvalue weighted by Gasteiger charge is -2.32. The van der Waals surface area contributed by atoms with Crippen molar-refractivity contribution >= 4 is 16.9 Å². The van der Waals surface area contributed by atoms with Crippen LogP contribution >= 0.6 is 0 Å². The summed E-state index contributed by atoms with van der Waals surface area (Å²) in [7, 11) is -4.83. The fraction of sp³-hybridized carbons (Fsp3) is 0.243. The van der Waals surface area contributed by atoms with Gasteiger partial charge in [0.25, 0.3) is 5.60 Å². The van der Waals surface area contributed by atoms with Crippen molar-refractivity contribution in [1.82, 2.24) is 0 Å². The number of nitrogens with zero attached hydrogens (tertiary/aromatic N) is 2. The predicted molar refractivity (Wildman–Crippen MR) is 171 cm³/mol. The van der Waals surface area contributed by atoms with Crippen LogP contribution in [0.15, 0.2) is 127 Å². The number of hydrogen-bond acceptors (Lipinski definition) is 6. The van der Waals surface area contributed by atoms with Gasteiger partial charge in [0.2, 0.25) is 0 Å². The van der Waals surface area contributed by atoms with E-state index in [0.717, 1.165) is 41.2 Å². The fourth-order valence-corrected chi connectivity index (χ4v) is 6.22. The van der Waals surface area contributed by atoms with E-state index in [1.807, 2.05) is 80.6 Å². The minimum Gasteiger partial charge on any atom is -0.372 e. The third-order valence-electron chi connectivity index (χ3n) is 7.80. The van der Waals surface area contributed by atoms with Crippen LogP contribution in [-0.4, -0.2) is 26.2 Å². The van der Waals surface area contributed by atoms with Crippen LogP contribution < -0.4 is 23.8 Å². The van der Waals surface area contributed by atoms with Gasteiger partial charge in [0.1, 0.15) is 0 Å². The van der Waals surface area contributed by atoms with Gasteiger partial charge in [0, 0.05) is 54.2 Å². The van der Waals surface area contributed by atoms with E-state index in [1.54, 1.807) is 36.4 Å². The second-order valence-electron chi connectivity index (χ2n) is 10.2. The van der Waals surface area contributed by atoms with Crippen molar-refractivity contribution in [2.45, 2.75) is 33.3 Å². The number of allylic oxidation sites excluding steroid dienone is 2. The van der Waals surface area contributed by atoms with E-state index in [0.29, 0.717) is 24.2 Å². The molecule has 7 heteroatoms. The molecule has 44 heavy (non-hydrogen) atoms. The highest BCUT2D eigenvalue weighted by atomic mass is 35.7. The second kappa shape index (κ2) is 15.2. The van der Waals surface area contributed by atoms with E-state index in [2.05, 4.69) is 47.9 Å².